The maximum absolute atomic E-state index is 15.6. The standard InChI is InChI=1S/C23H24F2N4O3S/c1-11-6-7-15(29(5)22(31)32-23(2,3)4)18(25)17(11)12-8-16-19(26-10-12)27-21(33-16)28-20(30)13-9-14(13)24/h6-8,10,13-14H,9H2,1-5H3,(H,26,27,28,30)/t13?,14-/m0/s1. The molecule has 2 atom stereocenters. The third kappa shape index (κ3) is 4.80. The van der Waals surface area contributed by atoms with Gasteiger partial charge < -0.3 is 10.1 Å². The van der Waals surface area contributed by atoms with Crippen LogP contribution in [0.5, 0.6) is 0 Å². The molecule has 10 heteroatoms. The summed E-state index contributed by atoms with van der Waals surface area (Å²) >= 11 is 1.18. The molecule has 1 saturated carbocycles. The SMILES string of the molecule is Cc1ccc(N(C)C(=O)OC(C)(C)C)c(F)c1-c1cnc2nc(NC(=O)C3C[C@@H]3F)sc2c1. The molecule has 0 saturated heterocycles. The van der Waals surface area contributed by atoms with Crippen LogP contribution < -0.4 is 10.2 Å². The largest absolute Gasteiger partial charge is 0.443 e. The number of aryl methyl sites for hydroxylation is 1. The van der Waals surface area contributed by atoms with Crippen LogP contribution in [0.3, 0.4) is 0 Å². The first kappa shape index (κ1) is 23.0. The number of alkyl halides is 1. The lowest BCUT2D eigenvalue weighted by Crippen LogP contribution is -2.34. The number of thiazole rings is 1. The van der Waals surface area contributed by atoms with Gasteiger partial charge in [-0.15, -0.1) is 0 Å². The van der Waals surface area contributed by atoms with Crippen molar-refractivity contribution in [2.45, 2.75) is 45.9 Å². The normalized spacial score (nSPS) is 17.7. The Morgan fingerprint density at radius 1 is 1.30 bits per heavy atom. The number of carbonyl (C=O) groups excluding carboxylic acids is 2. The lowest BCUT2D eigenvalue weighted by atomic mass is 10.00. The van der Waals surface area contributed by atoms with Gasteiger partial charge in [-0.3, -0.25) is 9.69 Å². The number of aromatic nitrogens is 2. The highest BCUT2D eigenvalue weighted by molar-refractivity contribution is 7.22. The highest BCUT2D eigenvalue weighted by Gasteiger charge is 2.43. The second-order valence-corrected chi connectivity index (χ2v) is 10.1. The van der Waals surface area contributed by atoms with Crippen LogP contribution in [0.2, 0.25) is 0 Å². The smallest absolute Gasteiger partial charge is 0.414 e. The summed E-state index contributed by atoms with van der Waals surface area (Å²) in [7, 11) is 1.45. The van der Waals surface area contributed by atoms with Gasteiger partial charge in [0.1, 0.15) is 11.8 Å². The third-order valence-electron chi connectivity index (χ3n) is 5.17. The molecular weight excluding hydrogens is 450 g/mol. The number of nitrogens with one attached hydrogen (secondary N) is 1. The van der Waals surface area contributed by atoms with E-state index in [-0.39, 0.29) is 12.1 Å². The van der Waals surface area contributed by atoms with Crippen LogP contribution in [0.25, 0.3) is 21.5 Å². The van der Waals surface area contributed by atoms with Crippen molar-refractivity contribution in [1.82, 2.24) is 9.97 Å². The first-order chi connectivity index (χ1) is 15.4. The second kappa shape index (κ2) is 8.33. The Labute approximate surface area is 193 Å². The van der Waals surface area contributed by atoms with Gasteiger partial charge >= 0.3 is 6.09 Å². The maximum Gasteiger partial charge on any atom is 0.414 e. The summed E-state index contributed by atoms with van der Waals surface area (Å²) in [6, 6.07) is 4.98. The van der Waals surface area contributed by atoms with E-state index in [2.05, 4.69) is 15.3 Å². The summed E-state index contributed by atoms with van der Waals surface area (Å²) in [5.41, 5.74) is 1.22. The van der Waals surface area contributed by atoms with Gasteiger partial charge in [0.05, 0.1) is 16.3 Å². The van der Waals surface area contributed by atoms with Crippen molar-refractivity contribution in [3.05, 3.63) is 35.8 Å². The molecule has 1 aliphatic rings. The van der Waals surface area contributed by atoms with E-state index >= 15 is 4.39 Å². The van der Waals surface area contributed by atoms with Gasteiger partial charge in [-0.1, -0.05) is 17.4 Å². The summed E-state index contributed by atoms with van der Waals surface area (Å²) in [6.45, 7) is 6.98. The lowest BCUT2D eigenvalue weighted by Gasteiger charge is -2.25. The lowest BCUT2D eigenvalue weighted by molar-refractivity contribution is -0.117. The van der Waals surface area contributed by atoms with Crippen molar-refractivity contribution in [3.63, 3.8) is 0 Å². The molecule has 3 aromatic rings. The Morgan fingerprint density at radius 3 is 2.64 bits per heavy atom. The van der Waals surface area contributed by atoms with E-state index in [4.69, 9.17) is 4.74 Å². The van der Waals surface area contributed by atoms with Crippen molar-refractivity contribution < 1.29 is 23.1 Å². The van der Waals surface area contributed by atoms with E-state index in [9.17, 15) is 14.0 Å². The van der Waals surface area contributed by atoms with E-state index in [1.807, 2.05) is 0 Å². The number of anilines is 2. The van der Waals surface area contributed by atoms with E-state index in [1.54, 1.807) is 39.8 Å². The molecule has 1 aromatic carbocycles. The van der Waals surface area contributed by atoms with Gasteiger partial charge in [0.2, 0.25) is 5.91 Å². The first-order valence-electron chi connectivity index (χ1n) is 10.4. The van der Waals surface area contributed by atoms with E-state index < -0.39 is 35.5 Å². The number of pyridine rings is 1. The van der Waals surface area contributed by atoms with Gasteiger partial charge in [0.15, 0.2) is 16.6 Å². The molecule has 0 aliphatic heterocycles. The van der Waals surface area contributed by atoms with Crippen LogP contribution in [-0.4, -0.2) is 40.8 Å². The Morgan fingerprint density at radius 2 is 2.00 bits per heavy atom. The molecule has 2 amide bonds. The number of ether oxygens (including phenoxy) is 1. The molecule has 2 aromatic heterocycles. The Bertz CT molecular complexity index is 1250. The van der Waals surface area contributed by atoms with E-state index in [0.717, 1.165) is 4.90 Å². The van der Waals surface area contributed by atoms with Crippen molar-refractivity contribution in [2.24, 2.45) is 5.92 Å². The molecule has 33 heavy (non-hydrogen) atoms. The quantitative estimate of drug-likeness (QED) is 0.542. The highest BCUT2D eigenvalue weighted by atomic mass is 32.1. The van der Waals surface area contributed by atoms with Gasteiger partial charge in [0.25, 0.3) is 0 Å². The molecule has 1 N–H and O–H groups in total. The molecule has 1 fully saturated rings. The van der Waals surface area contributed by atoms with Crippen LogP contribution in [0.4, 0.5) is 24.4 Å². The minimum Gasteiger partial charge on any atom is -0.443 e. The second-order valence-electron chi connectivity index (χ2n) is 9.04. The molecule has 1 aliphatic carbocycles. The summed E-state index contributed by atoms with van der Waals surface area (Å²) in [6.07, 6.45) is -0.0412. The van der Waals surface area contributed by atoms with Gasteiger partial charge in [-0.25, -0.2) is 18.6 Å². The van der Waals surface area contributed by atoms with Gasteiger partial charge in [-0.05, 0) is 51.8 Å². The number of nitrogens with zero attached hydrogens (tertiary/aromatic N) is 3. The zero-order valence-electron chi connectivity index (χ0n) is 18.9. The maximum atomic E-state index is 15.6. The topological polar surface area (TPSA) is 84.4 Å². The average Bonchev–Trinajstić information content (AvgIpc) is 3.31. The fraction of sp³-hybridized carbons (Fsp3) is 0.391. The number of hydrogen-bond acceptors (Lipinski definition) is 6. The first-order valence-corrected chi connectivity index (χ1v) is 11.2. The van der Waals surface area contributed by atoms with Gasteiger partial charge in [-0.2, -0.15) is 4.98 Å². The summed E-state index contributed by atoms with van der Waals surface area (Å²) in [5, 5.41) is 2.93. The van der Waals surface area contributed by atoms with Crippen LogP contribution >= 0.6 is 11.3 Å². The predicted molar refractivity (Wildman–Crippen MR) is 124 cm³/mol. The van der Waals surface area contributed by atoms with Crippen molar-refractivity contribution in [3.8, 4) is 11.1 Å². The van der Waals surface area contributed by atoms with Crippen LogP contribution in [0.15, 0.2) is 24.4 Å². The Kier molecular flexibility index (Phi) is 5.81. The van der Waals surface area contributed by atoms with E-state index in [0.29, 0.717) is 32.2 Å². The minimum atomic E-state index is -1.10. The molecule has 1 unspecified atom stereocenters. The number of carbonyl (C=O) groups is 2. The minimum absolute atomic E-state index is 0.0763. The molecule has 174 valence electrons. The number of halogens is 2. The zero-order valence-corrected chi connectivity index (χ0v) is 19.7. The molecule has 0 bridgehead atoms. The van der Waals surface area contributed by atoms with Crippen LogP contribution in [0.1, 0.15) is 32.8 Å². The fourth-order valence-corrected chi connectivity index (χ4v) is 4.21. The number of fused-ring (bicyclic) bond motifs is 1. The van der Waals surface area contributed by atoms with Gasteiger partial charge in [0, 0.05) is 24.4 Å². The van der Waals surface area contributed by atoms with Crippen molar-refractivity contribution in [2.75, 3.05) is 17.3 Å². The number of rotatable bonds is 4. The highest BCUT2D eigenvalue weighted by Crippen LogP contribution is 2.37. The van der Waals surface area contributed by atoms with E-state index in [1.165, 1.54) is 30.6 Å². The molecule has 0 spiro atoms. The molecule has 4 rings (SSSR count). The van der Waals surface area contributed by atoms with Crippen molar-refractivity contribution in [1.29, 1.82) is 0 Å². The summed E-state index contributed by atoms with van der Waals surface area (Å²) in [5.74, 6) is -1.60. The monoisotopic (exact) mass is 474 g/mol. The van der Waals surface area contributed by atoms with Crippen LogP contribution in [-0.2, 0) is 9.53 Å². The number of benzene rings is 1. The summed E-state index contributed by atoms with van der Waals surface area (Å²) < 4.78 is 34.7. The Balaban J connectivity index is 1.65. The Hall–Kier alpha value is -3.14. The average molecular weight is 475 g/mol. The summed E-state index contributed by atoms with van der Waals surface area (Å²) in [4.78, 5) is 34.1. The molecule has 7 nitrogen and oxygen atoms in total. The third-order valence-corrected chi connectivity index (χ3v) is 6.08. The van der Waals surface area contributed by atoms with Crippen molar-refractivity contribution >= 4 is 44.5 Å². The molecule has 2 heterocycles. The molecule has 0 radical (unpaired) electrons. The fourth-order valence-electron chi connectivity index (χ4n) is 3.35. The number of amides is 2. The molecular formula is C23H24F2N4O3S. The predicted octanol–water partition coefficient (Wildman–Crippen LogP) is 5.47. The van der Waals surface area contributed by atoms with Crippen LogP contribution in [0, 0.1) is 18.7 Å². The number of hydrogen-bond donors (Lipinski definition) is 1. The zero-order chi connectivity index (χ0) is 24.1.